The Labute approximate surface area is 111 Å². The highest BCUT2D eigenvalue weighted by Gasteiger charge is 2.13. The van der Waals surface area contributed by atoms with Gasteiger partial charge in [0.25, 0.3) is 0 Å². The number of hydrogen-bond donors (Lipinski definition) is 2. The largest absolute Gasteiger partial charge is 0.383 e. The van der Waals surface area contributed by atoms with Crippen LogP contribution in [0.25, 0.3) is 0 Å². The van der Waals surface area contributed by atoms with Crippen LogP contribution < -0.4 is 11.1 Å². The monoisotopic (exact) mass is 263 g/mol. The Morgan fingerprint density at radius 2 is 1.94 bits per heavy atom. The average molecular weight is 263 g/mol. The van der Waals surface area contributed by atoms with Crippen molar-refractivity contribution in [2.45, 2.75) is 33.7 Å². The van der Waals surface area contributed by atoms with E-state index in [1.54, 1.807) is 11.3 Å². The summed E-state index contributed by atoms with van der Waals surface area (Å²) in [6, 6.07) is 0.108. The summed E-state index contributed by atoms with van der Waals surface area (Å²) in [4.78, 5) is 13.0. The lowest BCUT2D eigenvalue weighted by molar-refractivity contribution is 0.846. The number of nitrogens with zero attached hydrogens (tertiary/aromatic N) is 3. The Morgan fingerprint density at radius 1 is 1.22 bits per heavy atom. The minimum absolute atomic E-state index is 0.108. The Morgan fingerprint density at radius 3 is 2.56 bits per heavy atom. The van der Waals surface area contributed by atoms with Crippen LogP contribution in [0.5, 0.6) is 0 Å². The van der Waals surface area contributed by atoms with E-state index >= 15 is 0 Å². The molecule has 0 amide bonds. The van der Waals surface area contributed by atoms with E-state index in [2.05, 4.69) is 27.2 Å². The number of thiazole rings is 1. The molecule has 0 aliphatic carbocycles. The van der Waals surface area contributed by atoms with E-state index in [-0.39, 0.29) is 6.04 Å². The highest BCUT2D eigenvalue weighted by Crippen LogP contribution is 2.24. The van der Waals surface area contributed by atoms with E-state index in [0.717, 1.165) is 22.1 Å². The molecule has 0 aliphatic heterocycles. The number of nitrogens with two attached hydrogens (primary N) is 1. The van der Waals surface area contributed by atoms with Crippen LogP contribution in [-0.2, 0) is 0 Å². The third-order valence-electron chi connectivity index (χ3n) is 2.66. The number of nitrogen functional groups attached to an aromatic ring is 1. The molecule has 0 radical (unpaired) electrons. The van der Waals surface area contributed by atoms with Gasteiger partial charge < -0.3 is 11.1 Å². The minimum Gasteiger partial charge on any atom is -0.383 e. The highest BCUT2D eigenvalue weighted by atomic mass is 32.1. The molecule has 2 aromatic rings. The van der Waals surface area contributed by atoms with Gasteiger partial charge in [0, 0.05) is 16.6 Å². The van der Waals surface area contributed by atoms with Gasteiger partial charge in [-0.3, -0.25) is 0 Å². The molecule has 0 aliphatic rings. The van der Waals surface area contributed by atoms with E-state index in [4.69, 9.17) is 5.73 Å². The smallest absolute Gasteiger partial charge is 0.135 e. The molecule has 18 heavy (non-hydrogen) atoms. The van der Waals surface area contributed by atoms with Crippen molar-refractivity contribution in [2.75, 3.05) is 11.1 Å². The molecule has 2 heterocycles. The maximum Gasteiger partial charge on any atom is 0.135 e. The highest BCUT2D eigenvalue weighted by molar-refractivity contribution is 7.09. The first-order valence-corrected chi connectivity index (χ1v) is 6.64. The number of anilines is 2. The molecular formula is C12H17N5S. The fourth-order valence-corrected chi connectivity index (χ4v) is 2.43. The molecular weight excluding hydrogens is 246 g/mol. The summed E-state index contributed by atoms with van der Waals surface area (Å²) >= 11 is 1.64. The third kappa shape index (κ3) is 2.59. The second-order valence-corrected chi connectivity index (χ2v) is 5.21. The first kappa shape index (κ1) is 12.8. The van der Waals surface area contributed by atoms with Crippen molar-refractivity contribution in [1.29, 1.82) is 0 Å². The lowest BCUT2D eigenvalue weighted by Gasteiger charge is -2.15. The third-order valence-corrected chi connectivity index (χ3v) is 3.80. The van der Waals surface area contributed by atoms with E-state index in [9.17, 15) is 0 Å². The molecule has 1 atom stereocenters. The second kappa shape index (κ2) is 4.89. The summed E-state index contributed by atoms with van der Waals surface area (Å²) in [5.41, 5.74) is 7.75. The van der Waals surface area contributed by atoms with Gasteiger partial charge in [-0.15, -0.1) is 11.3 Å². The van der Waals surface area contributed by atoms with Crippen molar-refractivity contribution in [3.8, 4) is 0 Å². The molecule has 0 spiro atoms. The summed E-state index contributed by atoms with van der Waals surface area (Å²) in [5.74, 6) is 1.97. The molecule has 0 saturated heterocycles. The number of rotatable bonds is 3. The molecule has 6 heteroatoms. The Kier molecular flexibility index (Phi) is 3.47. The summed E-state index contributed by atoms with van der Waals surface area (Å²) in [5, 5.41) is 6.42. The van der Waals surface area contributed by atoms with Crippen molar-refractivity contribution in [3.63, 3.8) is 0 Å². The van der Waals surface area contributed by atoms with Gasteiger partial charge in [0.15, 0.2) is 0 Å². The van der Waals surface area contributed by atoms with Crippen LogP contribution in [0.15, 0.2) is 5.38 Å². The predicted octanol–water partition coefficient (Wildman–Crippen LogP) is 2.61. The van der Waals surface area contributed by atoms with Gasteiger partial charge in [0.2, 0.25) is 0 Å². The molecule has 2 rings (SSSR count). The van der Waals surface area contributed by atoms with E-state index in [1.165, 1.54) is 0 Å². The normalized spacial score (nSPS) is 12.4. The van der Waals surface area contributed by atoms with Crippen LogP contribution in [0.2, 0.25) is 0 Å². The predicted molar refractivity (Wildman–Crippen MR) is 74.8 cm³/mol. The Balaban J connectivity index is 2.24. The van der Waals surface area contributed by atoms with Crippen molar-refractivity contribution in [3.05, 3.63) is 27.5 Å². The van der Waals surface area contributed by atoms with Gasteiger partial charge in [-0.25, -0.2) is 15.0 Å². The van der Waals surface area contributed by atoms with Crippen LogP contribution in [0.1, 0.15) is 35.1 Å². The van der Waals surface area contributed by atoms with E-state index in [0.29, 0.717) is 11.6 Å². The van der Waals surface area contributed by atoms with E-state index < -0.39 is 0 Å². The van der Waals surface area contributed by atoms with Gasteiger partial charge in [-0.2, -0.15) is 0 Å². The van der Waals surface area contributed by atoms with Crippen molar-refractivity contribution in [1.82, 2.24) is 15.0 Å². The number of nitrogens with one attached hydrogen (secondary N) is 1. The van der Waals surface area contributed by atoms with Crippen LogP contribution in [0.4, 0.5) is 11.6 Å². The lowest BCUT2D eigenvalue weighted by atomic mass is 10.2. The first-order chi connectivity index (χ1) is 8.47. The van der Waals surface area contributed by atoms with E-state index in [1.807, 2.05) is 26.2 Å². The molecule has 2 aromatic heterocycles. The second-order valence-electron chi connectivity index (χ2n) is 4.32. The molecule has 3 N–H and O–H groups in total. The number of aromatic nitrogens is 3. The van der Waals surface area contributed by atoms with Gasteiger partial charge in [0.05, 0.1) is 6.04 Å². The number of aryl methyl sites for hydroxylation is 2. The zero-order valence-corrected chi connectivity index (χ0v) is 11.8. The number of hydrogen-bond acceptors (Lipinski definition) is 6. The molecule has 0 aromatic carbocycles. The quantitative estimate of drug-likeness (QED) is 0.890. The molecule has 0 fully saturated rings. The van der Waals surface area contributed by atoms with Crippen LogP contribution in [-0.4, -0.2) is 15.0 Å². The van der Waals surface area contributed by atoms with Crippen LogP contribution >= 0.6 is 11.3 Å². The van der Waals surface area contributed by atoms with Gasteiger partial charge in [0.1, 0.15) is 22.5 Å². The van der Waals surface area contributed by atoms with Crippen molar-refractivity contribution in [2.24, 2.45) is 0 Å². The maximum atomic E-state index is 5.84. The lowest BCUT2D eigenvalue weighted by Crippen LogP contribution is -2.11. The van der Waals surface area contributed by atoms with Crippen LogP contribution in [0, 0.1) is 20.8 Å². The Bertz CT molecular complexity index is 564. The first-order valence-electron chi connectivity index (χ1n) is 5.76. The molecule has 96 valence electrons. The van der Waals surface area contributed by atoms with Gasteiger partial charge >= 0.3 is 0 Å². The SMILES string of the molecule is Cc1csc(C(C)Nc2nc(C)nc(N)c2C)n1. The summed E-state index contributed by atoms with van der Waals surface area (Å²) in [6.07, 6.45) is 0. The fraction of sp³-hybridized carbons (Fsp3) is 0.417. The summed E-state index contributed by atoms with van der Waals surface area (Å²) in [7, 11) is 0. The molecule has 0 saturated carbocycles. The standard InChI is InChI=1S/C12H17N5S/c1-6-5-18-12(14-6)8(3)15-11-7(2)10(13)16-9(4)17-11/h5,8H,1-4H3,(H3,13,15,16,17). The zero-order chi connectivity index (χ0) is 13.3. The fourth-order valence-electron chi connectivity index (χ4n) is 1.63. The molecule has 1 unspecified atom stereocenters. The minimum atomic E-state index is 0.108. The summed E-state index contributed by atoms with van der Waals surface area (Å²) in [6.45, 7) is 7.80. The van der Waals surface area contributed by atoms with Gasteiger partial charge in [-0.1, -0.05) is 0 Å². The average Bonchev–Trinajstić information content (AvgIpc) is 2.72. The molecule has 0 bridgehead atoms. The Hall–Kier alpha value is -1.69. The maximum absolute atomic E-state index is 5.84. The molecule has 5 nitrogen and oxygen atoms in total. The topological polar surface area (TPSA) is 76.7 Å². The zero-order valence-electron chi connectivity index (χ0n) is 11.0. The van der Waals surface area contributed by atoms with Gasteiger partial charge in [-0.05, 0) is 27.7 Å². The summed E-state index contributed by atoms with van der Waals surface area (Å²) < 4.78 is 0. The van der Waals surface area contributed by atoms with Crippen LogP contribution in [0.3, 0.4) is 0 Å². The van der Waals surface area contributed by atoms with Crippen molar-refractivity contribution < 1.29 is 0 Å². The van der Waals surface area contributed by atoms with Crippen molar-refractivity contribution >= 4 is 23.0 Å².